The molecule has 1 amide bonds. The SMILES string of the molecule is O=C(NC(Cc1ccc(Cl)cc1)C(=O)O)c1[nH]c(-c2ccc(-c3ccccc3)cc2)nc1-c1cccc(C(F)(F)F)c1. The van der Waals surface area contributed by atoms with E-state index in [9.17, 15) is 27.9 Å². The quantitative estimate of drug-likeness (QED) is 0.175. The van der Waals surface area contributed by atoms with Gasteiger partial charge in [-0.25, -0.2) is 9.78 Å². The normalized spacial score (nSPS) is 12.1. The lowest BCUT2D eigenvalue weighted by Crippen LogP contribution is -2.42. The van der Waals surface area contributed by atoms with Crippen molar-refractivity contribution in [2.24, 2.45) is 0 Å². The van der Waals surface area contributed by atoms with E-state index in [1.807, 2.05) is 42.5 Å². The number of hydrogen-bond acceptors (Lipinski definition) is 3. The van der Waals surface area contributed by atoms with Crippen molar-refractivity contribution in [2.75, 3.05) is 0 Å². The zero-order chi connectivity index (χ0) is 29.9. The molecule has 0 spiro atoms. The molecule has 0 aliphatic rings. The first-order chi connectivity index (χ1) is 20.1. The first-order valence-electron chi connectivity index (χ1n) is 12.8. The second-order valence-corrected chi connectivity index (χ2v) is 9.96. The zero-order valence-corrected chi connectivity index (χ0v) is 22.6. The molecule has 0 aliphatic carbocycles. The van der Waals surface area contributed by atoms with Gasteiger partial charge in [-0.1, -0.05) is 90.5 Å². The number of carboxylic acids is 1. The van der Waals surface area contributed by atoms with Crippen molar-refractivity contribution in [2.45, 2.75) is 18.6 Å². The van der Waals surface area contributed by atoms with Crippen LogP contribution >= 0.6 is 11.6 Å². The number of alkyl halides is 3. The summed E-state index contributed by atoms with van der Waals surface area (Å²) < 4.78 is 40.5. The molecular weight excluding hydrogens is 567 g/mol. The average molecular weight is 590 g/mol. The summed E-state index contributed by atoms with van der Waals surface area (Å²) in [6.07, 6.45) is -4.66. The highest BCUT2D eigenvalue weighted by Gasteiger charge is 2.32. The third-order valence-electron chi connectivity index (χ3n) is 6.62. The summed E-state index contributed by atoms with van der Waals surface area (Å²) in [4.78, 5) is 32.9. The lowest BCUT2D eigenvalue weighted by atomic mass is 10.0. The van der Waals surface area contributed by atoms with E-state index < -0.39 is 29.7 Å². The number of nitrogens with one attached hydrogen (secondary N) is 2. The van der Waals surface area contributed by atoms with Crippen LogP contribution in [0.3, 0.4) is 0 Å². The van der Waals surface area contributed by atoms with E-state index in [2.05, 4.69) is 15.3 Å². The van der Waals surface area contributed by atoms with E-state index in [4.69, 9.17) is 11.6 Å². The van der Waals surface area contributed by atoms with Crippen molar-refractivity contribution in [1.82, 2.24) is 15.3 Å². The number of nitrogens with zero attached hydrogens (tertiary/aromatic N) is 1. The molecule has 1 atom stereocenters. The zero-order valence-electron chi connectivity index (χ0n) is 21.8. The Labute approximate surface area is 243 Å². The number of hydrogen-bond donors (Lipinski definition) is 3. The van der Waals surface area contributed by atoms with E-state index in [0.29, 0.717) is 16.1 Å². The standard InChI is InChI=1S/C32H23ClF3N3O3/c33-25-15-9-19(10-16-25)17-26(31(41)42)37-30(40)28-27(23-7-4-8-24(18-23)32(34,35)36)38-29(39-28)22-13-11-21(12-14-22)20-5-2-1-3-6-20/h1-16,18,26H,17H2,(H,37,40)(H,38,39)(H,41,42). The molecule has 3 N–H and O–H groups in total. The number of aromatic amines is 1. The van der Waals surface area contributed by atoms with Crippen molar-refractivity contribution in [1.29, 1.82) is 0 Å². The van der Waals surface area contributed by atoms with Gasteiger partial charge in [-0.2, -0.15) is 13.2 Å². The summed E-state index contributed by atoms with van der Waals surface area (Å²) in [5.74, 6) is -1.88. The summed E-state index contributed by atoms with van der Waals surface area (Å²) in [5, 5.41) is 12.8. The molecule has 42 heavy (non-hydrogen) atoms. The molecule has 212 valence electrons. The fourth-order valence-electron chi connectivity index (χ4n) is 4.46. The van der Waals surface area contributed by atoms with Crippen LogP contribution in [0.15, 0.2) is 103 Å². The number of H-pyrrole nitrogens is 1. The summed E-state index contributed by atoms with van der Waals surface area (Å²) in [6.45, 7) is 0. The van der Waals surface area contributed by atoms with Crippen LogP contribution in [0.4, 0.5) is 13.2 Å². The lowest BCUT2D eigenvalue weighted by molar-refractivity contribution is -0.139. The second kappa shape index (κ2) is 11.9. The minimum atomic E-state index is -4.61. The molecule has 5 rings (SSSR count). The topological polar surface area (TPSA) is 95.1 Å². The van der Waals surface area contributed by atoms with E-state index in [0.717, 1.165) is 23.3 Å². The van der Waals surface area contributed by atoms with Crippen LogP contribution in [0.1, 0.15) is 21.6 Å². The van der Waals surface area contributed by atoms with Crippen molar-refractivity contribution in [3.8, 4) is 33.8 Å². The third-order valence-corrected chi connectivity index (χ3v) is 6.87. The number of carbonyl (C=O) groups is 2. The predicted octanol–water partition coefficient (Wildman–Crippen LogP) is 7.51. The number of aliphatic carboxylic acids is 1. The number of carbonyl (C=O) groups excluding carboxylic acids is 1. The molecule has 6 nitrogen and oxygen atoms in total. The lowest BCUT2D eigenvalue weighted by Gasteiger charge is -2.15. The molecule has 0 radical (unpaired) electrons. The molecule has 4 aromatic carbocycles. The fourth-order valence-corrected chi connectivity index (χ4v) is 4.59. The van der Waals surface area contributed by atoms with Gasteiger partial charge in [-0.3, -0.25) is 4.79 Å². The Morgan fingerprint density at radius 2 is 1.45 bits per heavy atom. The summed E-state index contributed by atoms with van der Waals surface area (Å²) in [5.41, 5.74) is 2.06. The van der Waals surface area contributed by atoms with Gasteiger partial charge < -0.3 is 15.4 Å². The van der Waals surface area contributed by atoms with Gasteiger partial charge in [0.1, 0.15) is 23.3 Å². The first-order valence-corrected chi connectivity index (χ1v) is 13.2. The Bertz CT molecular complexity index is 1720. The molecule has 1 unspecified atom stereocenters. The molecule has 0 bridgehead atoms. The molecule has 0 saturated carbocycles. The van der Waals surface area contributed by atoms with E-state index in [1.165, 1.54) is 12.1 Å². The van der Waals surface area contributed by atoms with Crippen LogP contribution in [0, 0.1) is 0 Å². The number of benzene rings is 4. The van der Waals surface area contributed by atoms with Crippen LogP contribution in [0.5, 0.6) is 0 Å². The predicted molar refractivity (Wildman–Crippen MR) is 154 cm³/mol. The van der Waals surface area contributed by atoms with Crippen LogP contribution < -0.4 is 5.32 Å². The third kappa shape index (κ3) is 6.53. The van der Waals surface area contributed by atoms with Gasteiger partial charge in [0.05, 0.1) is 5.56 Å². The van der Waals surface area contributed by atoms with Gasteiger partial charge in [0.15, 0.2) is 0 Å². The highest BCUT2D eigenvalue weighted by atomic mass is 35.5. The van der Waals surface area contributed by atoms with Gasteiger partial charge in [0.25, 0.3) is 5.91 Å². The fraction of sp³-hybridized carbons (Fsp3) is 0.0938. The van der Waals surface area contributed by atoms with Crippen molar-refractivity contribution in [3.05, 3.63) is 125 Å². The molecule has 1 aromatic heterocycles. The first kappa shape index (κ1) is 28.6. The van der Waals surface area contributed by atoms with E-state index in [-0.39, 0.29) is 29.2 Å². The molecule has 0 aliphatic heterocycles. The van der Waals surface area contributed by atoms with Gasteiger partial charge in [0, 0.05) is 22.6 Å². The summed E-state index contributed by atoms with van der Waals surface area (Å²) in [6, 6.07) is 26.6. The number of halogens is 4. The van der Waals surface area contributed by atoms with Crippen LogP contribution in [-0.2, 0) is 17.4 Å². The maximum absolute atomic E-state index is 13.5. The molecule has 1 heterocycles. The molecular formula is C32H23ClF3N3O3. The maximum atomic E-state index is 13.5. The number of carboxylic acid groups (broad SMARTS) is 1. The monoisotopic (exact) mass is 589 g/mol. The Hall–Kier alpha value is -4.89. The van der Waals surface area contributed by atoms with Gasteiger partial charge in [-0.05, 0) is 41.0 Å². The maximum Gasteiger partial charge on any atom is 0.416 e. The molecule has 0 saturated heterocycles. The molecule has 10 heteroatoms. The highest BCUT2D eigenvalue weighted by Crippen LogP contribution is 2.34. The Morgan fingerprint density at radius 3 is 2.10 bits per heavy atom. The smallest absolute Gasteiger partial charge is 0.416 e. The number of rotatable bonds is 8. The Morgan fingerprint density at radius 1 is 0.833 bits per heavy atom. The number of aromatic nitrogens is 2. The van der Waals surface area contributed by atoms with E-state index >= 15 is 0 Å². The second-order valence-electron chi connectivity index (χ2n) is 9.53. The highest BCUT2D eigenvalue weighted by molar-refractivity contribution is 6.30. The minimum absolute atomic E-state index is 0.0426. The number of imidazole rings is 1. The van der Waals surface area contributed by atoms with Crippen LogP contribution in [0.2, 0.25) is 5.02 Å². The molecule has 5 aromatic rings. The summed E-state index contributed by atoms with van der Waals surface area (Å²) in [7, 11) is 0. The largest absolute Gasteiger partial charge is 0.480 e. The van der Waals surface area contributed by atoms with Crippen LogP contribution in [-0.4, -0.2) is 33.0 Å². The summed E-state index contributed by atoms with van der Waals surface area (Å²) >= 11 is 5.92. The van der Waals surface area contributed by atoms with Gasteiger partial charge in [-0.15, -0.1) is 0 Å². The van der Waals surface area contributed by atoms with Crippen molar-refractivity contribution >= 4 is 23.5 Å². The molecule has 0 fully saturated rings. The van der Waals surface area contributed by atoms with Crippen molar-refractivity contribution < 1.29 is 27.9 Å². The number of amides is 1. The van der Waals surface area contributed by atoms with Crippen molar-refractivity contribution in [3.63, 3.8) is 0 Å². The van der Waals surface area contributed by atoms with Gasteiger partial charge in [0.2, 0.25) is 0 Å². The van der Waals surface area contributed by atoms with Crippen LogP contribution in [0.25, 0.3) is 33.8 Å². The minimum Gasteiger partial charge on any atom is -0.480 e. The Balaban J connectivity index is 1.51. The average Bonchev–Trinajstić information content (AvgIpc) is 3.44. The van der Waals surface area contributed by atoms with E-state index in [1.54, 1.807) is 36.4 Å². The van der Waals surface area contributed by atoms with Gasteiger partial charge >= 0.3 is 12.1 Å². The Kier molecular flexibility index (Phi) is 8.13.